The molecule has 0 saturated heterocycles. The van der Waals surface area contributed by atoms with Gasteiger partial charge in [0, 0.05) is 18.3 Å². The molecule has 0 aromatic rings. The highest BCUT2D eigenvalue weighted by Gasteiger charge is 2.14. The third-order valence-electron chi connectivity index (χ3n) is 2.22. The van der Waals surface area contributed by atoms with Crippen molar-refractivity contribution in [3.05, 3.63) is 0 Å². The van der Waals surface area contributed by atoms with E-state index in [-0.39, 0.29) is 32.3 Å². The third-order valence-corrected chi connectivity index (χ3v) is 3.01. The van der Waals surface area contributed by atoms with Gasteiger partial charge >= 0.3 is 0 Å². The highest BCUT2D eigenvalue weighted by atomic mass is 32.2. The van der Waals surface area contributed by atoms with E-state index in [1.165, 1.54) is 0 Å². The molecule has 6 nitrogen and oxygen atoms in total. The van der Waals surface area contributed by atoms with Crippen molar-refractivity contribution in [2.45, 2.75) is 25.8 Å². The minimum Gasteiger partial charge on any atom is -0.748 e. The fourth-order valence-electron chi connectivity index (χ4n) is 1.32. The summed E-state index contributed by atoms with van der Waals surface area (Å²) < 4.78 is 31.0. The number of hydrogen-bond donors (Lipinski definition) is 2. The van der Waals surface area contributed by atoms with Crippen LogP contribution in [-0.4, -0.2) is 59.8 Å². The molecule has 0 rings (SSSR count). The molecule has 0 radical (unpaired) electrons. The van der Waals surface area contributed by atoms with Crippen molar-refractivity contribution in [2.24, 2.45) is 0 Å². The number of rotatable bonds is 8. The standard InChI is InChI=1S/C8H19NO5S/c1-2-8(6-10)9(7-11)4-3-5-15(12,13)14/h8,10-11H,2-7H2,1H3,(H,12,13,14)/p-1. The van der Waals surface area contributed by atoms with E-state index in [0.29, 0.717) is 6.42 Å². The van der Waals surface area contributed by atoms with E-state index in [9.17, 15) is 13.0 Å². The number of nitrogens with zero attached hydrogens (tertiary/aromatic N) is 1. The van der Waals surface area contributed by atoms with Gasteiger partial charge in [-0.2, -0.15) is 0 Å². The van der Waals surface area contributed by atoms with E-state index >= 15 is 0 Å². The lowest BCUT2D eigenvalue weighted by Gasteiger charge is -2.27. The Labute approximate surface area is 90.3 Å². The van der Waals surface area contributed by atoms with Crippen LogP contribution in [0.15, 0.2) is 0 Å². The Bertz CT molecular complexity index is 250. The molecule has 1 unspecified atom stereocenters. The van der Waals surface area contributed by atoms with E-state index in [1.807, 2.05) is 6.92 Å². The van der Waals surface area contributed by atoms with Crippen molar-refractivity contribution < 1.29 is 23.2 Å². The molecule has 2 N–H and O–H groups in total. The molecule has 0 aliphatic carbocycles. The summed E-state index contributed by atoms with van der Waals surface area (Å²) in [6, 6.07) is -0.190. The van der Waals surface area contributed by atoms with Crippen LogP contribution in [0.1, 0.15) is 19.8 Å². The smallest absolute Gasteiger partial charge is 0.0959 e. The molecule has 0 aromatic carbocycles. The third kappa shape index (κ3) is 6.80. The van der Waals surface area contributed by atoms with Gasteiger partial charge in [-0.05, 0) is 12.8 Å². The SMILES string of the molecule is CCC(CO)N(CO)CCCS(=O)(=O)[O-]. The summed E-state index contributed by atoms with van der Waals surface area (Å²) in [5.41, 5.74) is 0. The summed E-state index contributed by atoms with van der Waals surface area (Å²) in [4.78, 5) is 1.55. The predicted molar refractivity (Wildman–Crippen MR) is 54.1 cm³/mol. The van der Waals surface area contributed by atoms with E-state index < -0.39 is 15.9 Å². The molecule has 15 heavy (non-hydrogen) atoms. The largest absolute Gasteiger partial charge is 0.748 e. The average molecular weight is 240 g/mol. The molecule has 0 aromatic heterocycles. The monoisotopic (exact) mass is 240 g/mol. The Balaban J connectivity index is 4.00. The van der Waals surface area contributed by atoms with Crippen molar-refractivity contribution in [3.8, 4) is 0 Å². The maximum Gasteiger partial charge on any atom is 0.0959 e. The zero-order valence-electron chi connectivity index (χ0n) is 8.79. The van der Waals surface area contributed by atoms with Crippen LogP contribution in [0.4, 0.5) is 0 Å². The first-order chi connectivity index (χ1) is 6.94. The van der Waals surface area contributed by atoms with Gasteiger partial charge in [0.15, 0.2) is 0 Å². The van der Waals surface area contributed by atoms with Crippen LogP contribution in [0.5, 0.6) is 0 Å². The van der Waals surface area contributed by atoms with E-state index in [4.69, 9.17) is 10.2 Å². The summed E-state index contributed by atoms with van der Waals surface area (Å²) in [7, 11) is -4.19. The van der Waals surface area contributed by atoms with Crippen molar-refractivity contribution in [3.63, 3.8) is 0 Å². The second kappa shape index (κ2) is 7.13. The van der Waals surface area contributed by atoms with Gasteiger partial charge in [0.2, 0.25) is 0 Å². The molecule has 0 amide bonds. The Morgan fingerprint density at radius 2 is 2.00 bits per heavy atom. The number of aliphatic hydroxyl groups excluding tert-OH is 2. The maximum absolute atomic E-state index is 10.3. The lowest BCUT2D eigenvalue weighted by molar-refractivity contribution is 0.0386. The van der Waals surface area contributed by atoms with Gasteiger partial charge in [-0.3, -0.25) is 4.90 Å². The van der Waals surface area contributed by atoms with Crippen LogP contribution in [0, 0.1) is 0 Å². The second-order valence-corrected chi connectivity index (χ2v) is 4.84. The first-order valence-corrected chi connectivity index (χ1v) is 6.41. The zero-order valence-corrected chi connectivity index (χ0v) is 9.61. The van der Waals surface area contributed by atoms with Crippen LogP contribution >= 0.6 is 0 Å². The van der Waals surface area contributed by atoms with Gasteiger partial charge in [-0.25, -0.2) is 8.42 Å². The van der Waals surface area contributed by atoms with Gasteiger partial charge in [0.1, 0.15) is 0 Å². The fraction of sp³-hybridized carbons (Fsp3) is 1.00. The van der Waals surface area contributed by atoms with Crippen molar-refractivity contribution >= 4 is 10.1 Å². The molecule has 92 valence electrons. The summed E-state index contributed by atoms with van der Waals surface area (Å²) in [6.45, 7) is 1.80. The summed E-state index contributed by atoms with van der Waals surface area (Å²) >= 11 is 0. The molecule has 0 heterocycles. The Morgan fingerprint density at radius 1 is 1.40 bits per heavy atom. The highest BCUT2D eigenvalue weighted by Crippen LogP contribution is 2.04. The molecule has 0 bridgehead atoms. The van der Waals surface area contributed by atoms with Crippen LogP contribution in [0.2, 0.25) is 0 Å². The van der Waals surface area contributed by atoms with Gasteiger partial charge in [0.25, 0.3) is 0 Å². The van der Waals surface area contributed by atoms with Gasteiger partial charge in [-0.1, -0.05) is 6.92 Å². The average Bonchev–Trinajstić information content (AvgIpc) is 2.15. The zero-order chi connectivity index (χ0) is 11.9. The molecule has 0 fully saturated rings. The number of aliphatic hydroxyl groups is 2. The fourth-order valence-corrected chi connectivity index (χ4v) is 1.80. The van der Waals surface area contributed by atoms with Crippen molar-refractivity contribution in [2.75, 3.05) is 25.6 Å². The molecule has 0 spiro atoms. The minimum atomic E-state index is -4.19. The molecule has 0 aliphatic rings. The predicted octanol–water partition coefficient (Wildman–Crippen LogP) is -1.06. The lowest BCUT2D eigenvalue weighted by atomic mass is 10.2. The molecule has 1 atom stereocenters. The second-order valence-electron chi connectivity index (χ2n) is 3.31. The Morgan fingerprint density at radius 3 is 2.33 bits per heavy atom. The van der Waals surface area contributed by atoms with Crippen LogP contribution in [0.3, 0.4) is 0 Å². The van der Waals surface area contributed by atoms with Crippen molar-refractivity contribution in [1.29, 1.82) is 0 Å². The topological polar surface area (TPSA) is 101 Å². The van der Waals surface area contributed by atoms with E-state index in [1.54, 1.807) is 4.90 Å². The molecular formula is C8H18NO5S-. The van der Waals surface area contributed by atoms with E-state index in [2.05, 4.69) is 0 Å². The van der Waals surface area contributed by atoms with Gasteiger partial charge in [-0.15, -0.1) is 0 Å². The highest BCUT2D eigenvalue weighted by molar-refractivity contribution is 7.85. The summed E-state index contributed by atoms with van der Waals surface area (Å²) in [5.74, 6) is -0.439. The maximum atomic E-state index is 10.3. The first-order valence-electron chi connectivity index (χ1n) is 4.84. The molecule has 0 aliphatic heterocycles. The van der Waals surface area contributed by atoms with Gasteiger partial charge in [0.05, 0.1) is 23.5 Å². The van der Waals surface area contributed by atoms with Crippen molar-refractivity contribution in [1.82, 2.24) is 4.90 Å². The van der Waals surface area contributed by atoms with Gasteiger partial charge < -0.3 is 14.8 Å². The lowest BCUT2D eigenvalue weighted by Crippen LogP contribution is -2.39. The van der Waals surface area contributed by atoms with Crippen LogP contribution < -0.4 is 0 Å². The summed E-state index contributed by atoms with van der Waals surface area (Å²) in [6.07, 6.45) is 0.823. The molecule has 7 heteroatoms. The Kier molecular flexibility index (Phi) is 7.03. The van der Waals surface area contributed by atoms with Crippen LogP contribution in [0.25, 0.3) is 0 Å². The summed E-state index contributed by atoms with van der Waals surface area (Å²) in [5, 5.41) is 17.9. The normalized spacial score (nSPS) is 14.5. The molecular weight excluding hydrogens is 222 g/mol. The molecule has 0 saturated carbocycles. The number of hydrogen-bond acceptors (Lipinski definition) is 6. The Hall–Kier alpha value is -0.210. The first kappa shape index (κ1) is 14.8. The quantitative estimate of drug-likeness (QED) is 0.414. The minimum absolute atomic E-state index is 0.0960. The van der Waals surface area contributed by atoms with E-state index in [0.717, 1.165) is 0 Å². The van der Waals surface area contributed by atoms with Crippen LogP contribution in [-0.2, 0) is 10.1 Å².